The van der Waals surface area contributed by atoms with Crippen LogP contribution in [0.5, 0.6) is 0 Å². The minimum absolute atomic E-state index is 0.0723. The molecule has 1 saturated heterocycles. The van der Waals surface area contributed by atoms with Gasteiger partial charge in [0.1, 0.15) is 0 Å². The lowest BCUT2D eigenvalue weighted by Crippen LogP contribution is -2.40. The number of aromatic nitrogens is 3. The van der Waals surface area contributed by atoms with Gasteiger partial charge >= 0.3 is 5.97 Å². The zero-order valence-electron chi connectivity index (χ0n) is 15.7. The van der Waals surface area contributed by atoms with Crippen LogP contribution in [0, 0.1) is 10.7 Å². The predicted molar refractivity (Wildman–Crippen MR) is 108 cm³/mol. The molecule has 0 saturated carbocycles. The van der Waals surface area contributed by atoms with Crippen molar-refractivity contribution in [3.05, 3.63) is 34.1 Å². The van der Waals surface area contributed by atoms with E-state index in [1.807, 2.05) is 40.4 Å². The monoisotopic (exact) mass is 408 g/mol. The SMILES string of the molecule is CCOC(=O)[C@H]1CCCN(Cn2nc(-c3ccc(Cl)cc3)n(CC)c2=S)C1. The van der Waals surface area contributed by atoms with Crippen molar-refractivity contribution in [2.75, 3.05) is 19.7 Å². The summed E-state index contributed by atoms with van der Waals surface area (Å²) in [5, 5.41) is 5.45. The van der Waals surface area contributed by atoms with Crippen LogP contribution in [0.2, 0.25) is 5.02 Å². The summed E-state index contributed by atoms with van der Waals surface area (Å²) in [6.45, 7) is 7.23. The van der Waals surface area contributed by atoms with Crippen LogP contribution in [0.3, 0.4) is 0 Å². The molecule has 27 heavy (non-hydrogen) atoms. The Kier molecular flexibility index (Phi) is 6.68. The molecule has 0 radical (unpaired) electrons. The molecular weight excluding hydrogens is 384 g/mol. The summed E-state index contributed by atoms with van der Waals surface area (Å²) < 4.78 is 9.73. The largest absolute Gasteiger partial charge is 0.466 e. The molecule has 0 unspecified atom stereocenters. The van der Waals surface area contributed by atoms with Gasteiger partial charge in [-0.3, -0.25) is 9.69 Å². The molecule has 2 heterocycles. The van der Waals surface area contributed by atoms with Gasteiger partial charge in [0, 0.05) is 23.7 Å². The summed E-state index contributed by atoms with van der Waals surface area (Å²) in [4.78, 5) is 14.3. The first-order valence-corrected chi connectivity index (χ1v) is 10.1. The Morgan fingerprint density at radius 2 is 2.07 bits per heavy atom. The molecule has 0 amide bonds. The average Bonchev–Trinajstić information content (AvgIpc) is 2.98. The van der Waals surface area contributed by atoms with Crippen LogP contribution in [-0.2, 0) is 22.7 Å². The highest BCUT2D eigenvalue weighted by atomic mass is 35.5. The number of hydrogen-bond acceptors (Lipinski definition) is 5. The number of nitrogens with zero attached hydrogens (tertiary/aromatic N) is 4. The fourth-order valence-electron chi connectivity index (χ4n) is 3.46. The zero-order valence-corrected chi connectivity index (χ0v) is 17.3. The van der Waals surface area contributed by atoms with Crippen LogP contribution < -0.4 is 0 Å². The molecule has 1 aromatic heterocycles. The van der Waals surface area contributed by atoms with Gasteiger partial charge in [0.05, 0.1) is 19.2 Å². The summed E-state index contributed by atoms with van der Waals surface area (Å²) >= 11 is 11.7. The molecular formula is C19H25ClN4O2S. The quantitative estimate of drug-likeness (QED) is 0.534. The first-order valence-electron chi connectivity index (χ1n) is 9.36. The highest BCUT2D eigenvalue weighted by Gasteiger charge is 2.27. The summed E-state index contributed by atoms with van der Waals surface area (Å²) in [6, 6.07) is 7.61. The fraction of sp³-hybridized carbons (Fsp3) is 0.526. The maximum Gasteiger partial charge on any atom is 0.310 e. The normalized spacial score (nSPS) is 17.8. The maximum absolute atomic E-state index is 12.1. The molecule has 6 nitrogen and oxygen atoms in total. The highest BCUT2D eigenvalue weighted by molar-refractivity contribution is 7.71. The van der Waals surface area contributed by atoms with E-state index < -0.39 is 0 Å². The summed E-state index contributed by atoms with van der Waals surface area (Å²) in [7, 11) is 0. The van der Waals surface area contributed by atoms with Crippen molar-refractivity contribution in [2.45, 2.75) is 39.9 Å². The minimum Gasteiger partial charge on any atom is -0.466 e. The first-order chi connectivity index (χ1) is 13.0. The van der Waals surface area contributed by atoms with Crippen LogP contribution in [0.4, 0.5) is 0 Å². The lowest BCUT2D eigenvalue weighted by molar-refractivity contribution is -0.150. The van der Waals surface area contributed by atoms with Gasteiger partial charge in [0.2, 0.25) is 0 Å². The molecule has 1 atom stereocenters. The van der Waals surface area contributed by atoms with Crippen LogP contribution >= 0.6 is 23.8 Å². The summed E-state index contributed by atoms with van der Waals surface area (Å²) in [5.41, 5.74) is 0.981. The maximum atomic E-state index is 12.1. The van der Waals surface area contributed by atoms with Gasteiger partial charge in [0.25, 0.3) is 0 Å². The zero-order chi connectivity index (χ0) is 19.4. The minimum atomic E-state index is -0.105. The topological polar surface area (TPSA) is 52.3 Å². The Hall–Kier alpha value is -1.70. The summed E-state index contributed by atoms with van der Waals surface area (Å²) in [6.07, 6.45) is 1.84. The van der Waals surface area contributed by atoms with Crippen molar-refractivity contribution in [1.82, 2.24) is 19.2 Å². The van der Waals surface area contributed by atoms with Gasteiger partial charge in [-0.1, -0.05) is 11.6 Å². The van der Waals surface area contributed by atoms with Crippen LogP contribution in [0.15, 0.2) is 24.3 Å². The third-order valence-electron chi connectivity index (χ3n) is 4.80. The average molecular weight is 409 g/mol. The van der Waals surface area contributed by atoms with E-state index in [2.05, 4.69) is 11.8 Å². The first kappa shape index (κ1) is 20.0. The number of piperidine rings is 1. The van der Waals surface area contributed by atoms with E-state index in [1.54, 1.807) is 0 Å². The number of carbonyl (C=O) groups is 1. The molecule has 8 heteroatoms. The Bertz CT molecular complexity index is 846. The van der Waals surface area contributed by atoms with E-state index in [0.717, 1.165) is 37.3 Å². The van der Waals surface area contributed by atoms with Crippen LogP contribution in [-0.4, -0.2) is 44.9 Å². The van der Waals surface area contributed by atoms with Gasteiger partial charge in [-0.2, -0.15) is 5.10 Å². The Labute approximate surface area is 169 Å². The Morgan fingerprint density at radius 3 is 2.74 bits per heavy atom. The molecule has 0 spiro atoms. The van der Waals surface area contributed by atoms with Crippen LogP contribution in [0.1, 0.15) is 26.7 Å². The standard InChI is InChI=1S/C19H25ClN4O2S/c1-3-23-17(14-7-9-16(20)10-8-14)21-24(19(23)27)13-22-11-5-6-15(12-22)18(25)26-4-2/h7-10,15H,3-6,11-13H2,1-2H3/t15-/m0/s1. The van der Waals surface area contributed by atoms with Crippen molar-refractivity contribution in [1.29, 1.82) is 0 Å². The Balaban J connectivity index is 1.80. The van der Waals surface area contributed by atoms with E-state index in [4.69, 9.17) is 33.7 Å². The van der Waals surface area contributed by atoms with E-state index in [9.17, 15) is 4.79 Å². The van der Waals surface area contributed by atoms with E-state index in [0.29, 0.717) is 29.6 Å². The van der Waals surface area contributed by atoms with Gasteiger partial charge in [-0.15, -0.1) is 0 Å². The molecule has 3 rings (SSSR count). The predicted octanol–water partition coefficient (Wildman–Crippen LogP) is 3.99. The van der Waals surface area contributed by atoms with Gasteiger partial charge in [0.15, 0.2) is 10.6 Å². The lowest BCUT2D eigenvalue weighted by atomic mass is 9.99. The van der Waals surface area contributed by atoms with E-state index in [1.165, 1.54) is 0 Å². The van der Waals surface area contributed by atoms with Crippen LogP contribution in [0.25, 0.3) is 11.4 Å². The molecule has 2 aromatic rings. The van der Waals surface area contributed by atoms with Crippen molar-refractivity contribution in [3.63, 3.8) is 0 Å². The molecule has 146 valence electrons. The van der Waals surface area contributed by atoms with Gasteiger partial charge < -0.3 is 9.30 Å². The molecule has 0 N–H and O–H groups in total. The number of ether oxygens (including phenoxy) is 1. The molecule has 1 aliphatic heterocycles. The van der Waals surface area contributed by atoms with Crippen molar-refractivity contribution < 1.29 is 9.53 Å². The number of hydrogen-bond donors (Lipinski definition) is 0. The lowest BCUT2D eigenvalue weighted by Gasteiger charge is -2.31. The summed E-state index contributed by atoms with van der Waals surface area (Å²) in [5.74, 6) is 0.654. The second-order valence-corrected chi connectivity index (χ2v) is 7.47. The molecule has 1 aromatic carbocycles. The highest BCUT2D eigenvalue weighted by Crippen LogP contribution is 2.22. The third kappa shape index (κ3) is 4.59. The third-order valence-corrected chi connectivity index (χ3v) is 5.48. The van der Waals surface area contributed by atoms with Crippen molar-refractivity contribution >= 4 is 29.8 Å². The second-order valence-electron chi connectivity index (χ2n) is 6.67. The number of carbonyl (C=O) groups excluding carboxylic acids is 1. The number of rotatable bonds is 6. The van der Waals surface area contributed by atoms with Crippen molar-refractivity contribution in [3.8, 4) is 11.4 Å². The molecule has 1 fully saturated rings. The van der Waals surface area contributed by atoms with Crippen molar-refractivity contribution in [2.24, 2.45) is 5.92 Å². The second kappa shape index (κ2) is 8.99. The van der Waals surface area contributed by atoms with E-state index in [-0.39, 0.29) is 11.9 Å². The molecule has 0 bridgehead atoms. The van der Waals surface area contributed by atoms with Gasteiger partial charge in [-0.25, -0.2) is 4.68 Å². The molecule has 0 aliphatic carbocycles. The molecule has 1 aliphatic rings. The van der Waals surface area contributed by atoms with E-state index >= 15 is 0 Å². The smallest absolute Gasteiger partial charge is 0.310 e. The fourth-order valence-corrected chi connectivity index (χ4v) is 3.90. The number of halogens is 1. The number of benzene rings is 1. The number of esters is 1. The Morgan fingerprint density at radius 1 is 1.33 bits per heavy atom. The van der Waals surface area contributed by atoms with Gasteiger partial charge in [-0.05, 0) is 69.7 Å². The number of likely N-dealkylation sites (tertiary alicyclic amines) is 1.